The van der Waals surface area contributed by atoms with Crippen LogP contribution in [-0.2, 0) is 0 Å². The second-order valence-corrected chi connectivity index (χ2v) is 4.52. The Morgan fingerprint density at radius 1 is 1.35 bits per heavy atom. The Bertz CT molecular complexity index is 537. The van der Waals surface area contributed by atoms with Crippen molar-refractivity contribution in [1.29, 1.82) is 0 Å². The Morgan fingerprint density at radius 2 is 2.12 bits per heavy atom. The van der Waals surface area contributed by atoms with Crippen molar-refractivity contribution in [2.75, 3.05) is 7.11 Å². The number of para-hydroxylation sites is 1. The zero-order valence-corrected chi connectivity index (χ0v) is 10.5. The average Bonchev–Trinajstić information content (AvgIpc) is 2.35. The lowest BCUT2D eigenvalue weighted by Crippen LogP contribution is -1.93. The van der Waals surface area contributed by atoms with E-state index in [0.717, 1.165) is 0 Å². The maximum absolute atomic E-state index is 9.65. The molecule has 0 bridgehead atoms. The standard InChI is InChI=1S/C11H9ClN2O2S/c1-16-11-13-6-7(12)10(14-11)17-9-5-3-2-4-8(9)15/h2-6,15H,1H3. The van der Waals surface area contributed by atoms with E-state index in [1.54, 1.807) is 18.2 Å². The molecule has 88 valence electrons. The Morgan fingerprint density at radius 3 is 2.82 bits per heavy atom. The summed E-state index contributed by atoms with van der Waals surface area (Å²) in [7, 11) is 1.48. The Labute approximate surface area is 108 Å². The van der Waals surface area contributed by atoms with E-state index in [1.807, 2.05) is 6.07 Å². The molecule has 4 nitrogen and oxygen atoms in total. The van der Waals surface area contributed by atoms with Crippen molar-refractivity contribution in [3.05, 3.63) is 35.5 Å². The summed E-state index contributed by atoms with van der Waals surface area (Å²) < 4.78 is 4.92. The van der Waals surface area contributed by atoms with Gasteiger partial charge in [0.15, 0.2) is 0 Å². The second-order valence-electron chi connectivity index (χ2n) is 3.08. The quantitative estimate of drug-likeness (QED) is 0.868. The van der Waals surface area contributed by atoms with Gasteiger partial charge in [-0.25, -0.2) is 4.98 Å². The summed E-state index contributed by atoms with van der Waals surface area (Å²) in [5.41, 5.74) is 0. The summed E-state index contributed by atoms with van der Waals surface area (Å²) >= 11 is 7.23. The van der Waals surface area contributed by atoms with Crippen LogP contribution >= 0.6 is 23.4 Å². The molecular formula is C11H9ClN2O2S. The summed E-state index contributed by atoms with van der Waals surface area (Å²) in [6.45, 7) is 0. The van der Waals surface area contributed by atoms with E-state index in [0.29, 0.717) is 14.9 Å². The molecule has 0 aliphatic heterocycles. The van der Waals surface area contributed by atoms with Crippen LogP contribution in [0, 0.1) is 0 Å². The largest absolute Gasteiger partial charge is 0.507 e. The van der Waals surface area contributed by atoms with Gasteiger partial charge in [0.05, 0.1) is 23.2 Å². The lowest BCUT2D eigenvalue weighted by atomic mass is 10.3. The van der Waals surface area contributed by atoms with Crippen molar-refractivity contribution < 1.29 is 9.84 Å². The monoisotopic (exact) mass is 268 g/mol. The third kappa shape index (κ3) is 2.81. The number of aromatic hydroxyl groups is 1. The summed E-state index contributed by atoms with van der Waals surface area (Å²) in [6.07, 6.45) is 1.47. The molecule has 2 rings (SSSR count). The number of aromatic nitrogens is 2. The molecule has 1 aromatic carbocycles. The van der Waals surface area contributed by atoms with Crippen molar-refractivity contribution in [3.8, 4) is 11.8 Å². The first-order chi connectivity index (χ1) is 8.20. The second kappa shape index (κ2) is 5.25. The molecule has 0 aliphatic rings. The summed E-state index contributed by atoms with van der Waals surface area (Å²) in [6, 6.07) is 7.21. The van der Waals surface area contributed by atoms with Gasteiger partial charge in [0.25, 0.3) is 0 Å². The molecule has 0 amide bonds. The lowest BCUT2D eigenvalue weighted by Gasteiger charge is -2.05. The molecule has 0 spiro atoms. The fraction of sp³-hybridized carbons (Fsp3) is 0.0909. The minimum atomic E-state index is 0.186. The highest BCUT2D eigenvalue weighted by molar-refractivity contribution is 7.99. The molecule has 2 aromatic rings. The highest BCUT2D eigenvalue weighted by Crippen LogP contribution is 2.36. The maximum atomic E-state index is 9.65. The maximum Gasteiger partial charge on any atom is 0.317 e. The van der Waals surface area contributed by atoms with Crippen LogP contribution in [-0.4, -0.2) is 22.2 Å². The fourth-order valence-corrected chi connectivity index (χ4v) is 2.16. The molecule has 0 atom stereocenters. The number of methoxy groups -OCH3 is 1. The molecule has 17 heavy (non-hydrogen) atoms. The number of rotatable bonds is 3. The third-order valence-corrected chi connectivity index (χ3v) is 3.40. The number of phenolic OH excluding ortho intramolecular Hbond substituents is 1. The van der Waals surface area contributed by atoms with E-state index in [-0.39, 0.29) is 11.8 Å². The predicted molar refractivity (Wildman–Crippen MR) is 65.8 cm³/mol. The molecular weight excluding hydrogens is 260 g/mol. The first kappa shape index (κ1) is 12.0. The predicted octanol–water partition coefficient (Wildman–Crippen LogP) is 3.00. The number of phenols is 1. The molecule has 0 unspecified atom stereocenters. The van der Waals surface area contributed by atoms with Gasteiger partial charge in [-0.05, 0) is 12.1 Å². The van der Waals surface area contributed by atoms with Crippen LogP contribution in [0.3, 0.4) is 0 Å². The molecule has 1 aromatic heterocycles. The molecule has 1 heterocycles. The van der Waals surface area contributed by atoms with Crippen LogP contribution in [0.2, 0.25) is 5.02 Å². The number of nitrogens with zero attached hydrogens (tertiary/aromatic N) is 2. The van der Waals surface area contributed by atoms with Crippen LogP contribution in [0.5, 0.6) is 11.8 Å². The van der Waals surface area contributed by atoms with Gasteiger partial charge in [-0.1, -0.05) is 35.5 Å². The van der Waals surface area contributed by atoms with Gasteiger partial charge in [0.1, 0.15) is 10.8 Å². The molecule has 0 saturated carbocycles. The first-order valence-corrected chi connectivity index (χ1v) is 5.92. The number of benzene rings is 1. The summed E-state index contributed by atoms with van der Waals surface area (Å²) in [4.78, 5) is 8.67. The minimum Gasteiger partial charge on any atom is -0.507 e. The zero-order valence-electron chi connectivity index (χ0n) is 8.92. The minimum absolute atomic E-state index is 0.186. The molecule has 0 radical (unpaired) electrons. The van der Waals surface area contributed by atoms with Crippen LogP contribution in [0.4, 0.5) is 0 Å². The number of halogens is 1. The molecule has 0 saturated heterocycles. The van der Waals surface area contributed by atoms with Crippen LogP contribution in [0.1, 0.15) is 0 Å². The molecule has 1 N–H and O–H groups in total. The van der Waals surface area contributed by atoms with Crippen molar-refractivity contribution in [1.82, 2.24) is 9.97 Å². The van der Waals surface area contributed by atoms with E-state index >= 15 is 0 Å². The molecule has 0 fully saturated rings. The molecule has 6 heteroatoms. The zero-order chi connectivity index (χ0) is 12.3. The normalized spacial score (nSPS) is 10.2. The van der Waals surface area contributed by atoms with E-state index in [2.05, 4.69) is 9.97 Å². The number of ether oxygens (including phenoxy) is 1. The van der Waals surface area contributed by atoms with E-state index in [1.165, 1.54) is 25.1 Å². The van der Waals surface area contributed by atoms with Crippen LogP contribution in [0.15, 0.2) is 40.4 Å². The van der Waals surface area contributed by atoms with Crippen molar-refractivity contribution in [3.63, 3.8) is 0 Å². The van der Waals surface area contributed by atoms with E-state index < -0.39 is 0 Å². The third-order valence-electron chi connectivity index (χ3n) is 1.94. The Balaban J connectivity index is 2.32. The van der Waals surface area contributed by atoms with Gasteiger partial charge >= 0.3 is 6.01 Å². The van der Waals surface area contributed by atoms with Crippen LogP contribution in [0.25, 0.3) is 0 Å². The highest BCUT2D eigenvalue weighted by Gasteiger charge is 2.09. The van der Waals surface area contributed by atoms with E-state index in [4.69, 9.17) is 16.3 Å². The average molecular weight is 269 g/mol. The number of hydrogen-bond donors (Lipinski definition) is 1. The SMILES string of the molecule is COc1ncc(Cl)c(Sc2ccccc2O)n1. The van der Waals surface area contributed by atoms with Crippen molar-refractivity contribution >= 4 is 23.4 Å². The number of hydrogen-bond acceptors (Lipinski definition) is 5. The van der Waals surface area contributed by atoms with E-state index in [9.17, 15) is 5.11 Å². The van der Waals surface area contributed by atoms with Crippen molar-refractivity contribution in [2.24, 2.45) is 0 Å². The van der Waals surface area contributed by atoms with Gasteiger partial charge in [0, 0.05) is 0 Å². The van der Waals surface area contributed by atoms with Gasteiger partial charge in [-0.3, -0.25) is 0 Å². The van der Waals surface area contributed by atoms with Gasteiger partial charge in [-0.2, -0.15) is 4.98 Å². The fourth-order valence-electron chi connectivity index (χ4n) is 1.15. The smallest absolute Gasteiger partial charge is 0.317 e. The summed E-state index contributed by atoms with van der Waals surface area (Å²) in [5, 5.41) is 10.6. The first-order valence-electron chi connectivity index (χ1n) is 4.73. The van der Waals surface area contributed by atoms with Gasteiger partial charge in [-0.15, -0.1) is 0 Å². The van der Waals surface area contributed by atoms with Crippen molar-refractivity contribution in [2.45, 2.75) is 9.92 Å². The lowest BCUT2D eigenvalue weighted by molar-refractivity contribution is 0.376. The van der Waals surface area contributed by atoms with Gasteiger partial charge in [0.2, 0.25) is 0 Å². The Kier molecular flexibility index (Phi) is 3.71. The summed E-state index contributed by atoms with van der Waals surface area (Å²) in [5.74, 6) is 0.186. The Hall–Kier alpha value is -1.46. The van der Waals surface area contributed by atoms with Gasteiger partial charge < -0.3 is 9.84 Å². The molecule has 0 aliphatic carbocycles. The highest BCUT2D eigenvalue weighted by atomic mass is 35.5. The topological polar surface area (TPSA) is 55.2 Å². The van der Waals surface area contributed by atoms with Crippen LogP contribution < -0.4 is 4.74 Å².